The van der Waals surface area contributed by atoms with Crippen LogP contribution in [0.15, 0.2) is 12.3 Å². The van der Waals surface area contributed by atoms with E-state index in [1.165, 1.54) is 17.8 Å². The fraction of sp³-hybridized carbons (Fsp3) is 0.250. The number of thiophene rings is 1. The zero-order chi connectivity index (χ0) is 20.8. The molecular formula is C16H13ClF3N5O2S. The van der Waals surface area contributed by atoms with Gasteiger partial charge < -0.3 is 11.1 Å². The van der Waals surface area contributed by atoms with Crippen LogP contribution in [0.4, 0.5) is 18.9 Å². The van der Waals surface area contributed by atoms with Crippen LogP contribution in [0.1, 0.15) is 38.3 Å². The summed E-state index contributed by atoms with van der Waals surface area (Å²) in [5.41, 5.74) is 4.33. The molecular weight excluding hydrogens is 419 g/mol. The third-order valence-corrected chi connectivity index (χ3v) is 5.24. The molecule has 0 saturated heterocycles. The second kappa shape index (κ2) is 7.06. The first kappa shape index (κ1) is 20.1. The van der Waals surface area contributed by atoms with Gasteiger partial charge in [-0.1, -0.05) is 11.6 Å². The molecule has 7 nitrogen and oxygen atoms in total. The number of rotatable bonds is 4. The Labute approximate surface area is 165 Å². The number of nitrogens with two attached hydrogens (primary N) is 1. The summed E-state index contributed by atoms with van der Waals surface area (Å²) < 4.78 is 40.5. The second-order valence-electron chi connectivity index (χ2n) is 5.81. The summed E-state index contributed by atoms with van der Waals surface area (Å²) in [5.74, 6) is -1.63. The molecule has 0 aliphatic rings. The summed E-state index contributed by atoms with van der Waals surface area (Å²) in [4.78, 5) is 27.8. The van der Waals surface area contributed by atoms with E-state index < -0.39 is 23.7 Å². The maximum absolute atomic E-state index is 13.0. The molecule has 3 aromatic heterocycles. The summed E-state index contributed by atoms with van der Waals surface area (Å²) in [6, 6.07) is 0.842. The van der Waals surface area contributed by atoms with Gasteiger partial charge in [0.1, 0.15) is 15.4 Å². The summed E-state index contributed by atoms with van der Waals surface area (Å²) in [6.07, 6.45) is -3.20. The minimum absolute atomic E-state index is 0.0154. The summed E-state index contributed by atoms with van der Waals surface area (Å²) in [5, 5.41) is 6.82. The lowest BCUT2D eigenvalue weighted by atomic mass is 10.1. The number of nitrogens with one attached hydrogen (secondary N) is 1. The maximum Gasteiger partial charge on any atom is 0.433 e. The molecule has 12 heteroatoms. The van der Waals surface area contributed by atoms with E-state index in [1.54, 1.807) is 6.92 Å². The van der Waals surface area contributed by atoms with Crippen molar-refractivity contribution in [3.8, 4) is 0 Å². The Morgan fingerprint density at radius 2 is 2.07 bits per heavy atom. The number of carbonyl (C=O) groups excluding carboxylic acids is 2. The van der Waals surface area contributed by atoms with Gasteiger partial charge in [0.15, 0.2) is 5.69 Å². The average Bonchev–Trinajstić information content (AvgIpc) is 3.15. The number of halogens is 4. The van der Waals surface area contributed by atoms with E-state index in [0.717, 1.165) is 6.07 Å². The van der Waals surface area contributed by atoms with Crippen molar-refractivity contribution in [2.45, 2.75) is 26.6 Å². The molecule has 0 spiro atoms. The van der Waals surface area contributed by atoms with Crippen molar-refractivity contribution >= 4 is 50.7 Å². The van der Waals surface area contributed by atoms with Crippen LogP contribution in [0.5, 0.6) is 0 Å². The first-order valence-corrected chi connectivity index (χ1v) is 9.07. The molecule has 0 saturated carbocycles. The van der Waals surface area contributed by atoms with Gasteiger partial charge in [-0.2, -0.15) is 18.3 Å². The zero-order valence-corrected chi connectivity index (χ0v) is 16.1. The molecule has 0 aliphatic carbocycles. The van der Waals surface area contributed by atoms with Gasteiger partial charge in [0.2, 0.25) is 0 Å². The van der Waals surface area contributed by atoms with Crippen LogP contribution in [0.3, 0.4) is 0 Å². The molecule has 0 radical (unpaired) electrons. The quantitative estimate of drug-likeness (QED) is 0.655. The Kier molecular flexibility index (Phi) is 5.06. The minimum Gasteiger partial charge on any atom is -0.365 e. The SMILES string of the molecule is CCn1cc(Cl)c(C(=O)Nc2c(C(N)=O)sc3nc(C(F)(F)F)cc(C)c23)n1. The van der Waals surface area contributed by atoms with Crippen molar-refractivity contribution in [2.24, 2.45) is 5.73 Å². The highest BCUT2D eigenvalue weighted by molar-refractivity contribution is 7.21. The van der Waals surface area contributed by atoms with Crippen molar-refractivity contribution in [3.05, 3.63) is 39.1 Å². The van der Waals surface area contributed by atoms with Gasteiger partial charge in [0.05, 0.1) is 10.7 Å². The second-order valence-corrected chi connectivity index (χ2v) is 7.21. The fourth-order valence-electron chi connectivity index (χ4n) is 2.61. The van der Waals surface area contributed by atoms with Crippen molar-refractivity contribution in [3.63, 3.8) is 0 Å². The number of anilines is 1. The predicted octanol–water partition coefficient (Wildman–Crippen LogP) is 3.84. The first-order chi connectivity index (χ1) is 13.0. The van der Waals surface area contributed by atoms with Gasteiger partial charge in [0.25, 0.3) is 11.8 Å². The summed E-state index contributed by atoms with van der Waals surface area (Å²) >= 11 is 6.68. The molecule has 0 aliphatic heterocycles. The number of aryl methyl sites for hydroxylation is 2. The molecule has 0 bridgehead atoms. The monoisotopic (exact) mass is 431 g/mol. The van der Waals surface area contributed by atoms with Crippen molar-refractivity contribution in [1.82, 2.24) is 14.8 Å². The van der Waals surface area contributed by atoms with Gasteiger partial charge >= 0.3 is 6.18 Å². The highest BCUT2D eigenvalue weighted by Gasteiger charge is 2.34. The van der Waals surface area contributed by atoms with Crippen LogP contribution in [0.2, 0.25) is 5.02 Å². The van der Waals surface area contributed by atoms with Crippen LogP contribution in [0.25, 0.3) is 10.2 Å². The lowest BCUT2D eigenvalue weighted by molar-refractivity contribution is -0.141. The highest BCUT2D eigenvalue weighted by Crippen LogP contribution is 2.40. The van der Waals surface area contributed by atoms with Crippen LogP contribution in [-0.2, 0) is 12.7 Å². The molecule has 2 amide bonds. The number of nitrogens with zero attached hydrogens (tertiary/aromatic N) is 3. The van der Waals surface area contributed by atoms with Gasteiger partial charge in [-0.05, 0) is 25.5 Å². The van der Waals surface area contributed by atoms with E-state index in [-0.39, 0.29) is 37.1 Å². The summed E-state index contributed by atoms with van der Waals surface area (Å²) in [6.45, 7) is 3.70. The van der Waals surface area contributed by atoms with E-state index in [4.69, 9.17) is 17.3 Å². The Hall–Kier alpha value is -2.66. The van der Waals surface area contributed by atoms with Crippen LogP contribution < -0.4 is 11.1 Å². The topological polar surface area (TPSA) is 103 Å². The number of aromatic nitrogens is 3. The molecule has 3 heterocycles. The Balaban J connectivity index is 2.13. The Morgan fingerprint density at radius 1 is 1.39 bits per heavy atom. The van der Waals surface area contributed by atoms with E-state index in [1.807, 2.05) is 0 Å². The fourth-order valence-corrected chi connectivity index (χ4v) is 3.90. The van der Waals surface area contributed by atoms with Crippen LogP contribution in [-0.4, -0.2) is 26.6 Å². The standard InChI is InChI=1S/C16H13ClF3N5O2S/c1-3-25-5-7(17)10(24-25)14(27)23-11-9-6(2)4-8(16(18,19)20)22-15(9)28-12(11)13(21)26/h4-5H,3H2,1-2H3,(H2,21,26)(H,23,27). The maximum atomic E-state index is 13.0. The molecule has 0 aromatic carbocycles. The smallest absolute Gasteiger partial charge is 0.365 e. The third kappa shape index (κ3) is 3.54. The third-order valence-electron chi connectivity index (χ3n) is 3.87. The zero-order valence-electron chi connectivity index (χ0n) is 14.5. The number of fused-ring (bicyclic) bond motifs is 1. The van der Waals surface area contributed by atoms with Crippen molar-refractivity contribution in [1.29, 1.82) is 0 Å². The van der Waals surface area contributed by atoms with Gasteiger partial charge in [0, 0.05) is 18.1 Å². The van der Waals surface area contributed by atoms with Gasteiger partial charge in [-0.3, -0.25) is 14.3 Å². The van der Waals surface area contributed by atoms with Crippen molar-refractivity contribution < 1.29 is 22.8 Å². The number of pyridine rings is 1. The molecule has 0 atom stereocenters. The van der Waals surface area contributed by atoms with Gasteiger partial charge in [-0.25, -0.2) is 4.98 Å². The molecule has 3 aromatic rings. The molecule has 0 fully saturated rings. The number of hydrogen-bond acceptors (Lipinski definition) is 5. The summed E-state index contributed by atoms with van der Waals surface area (Å²) in [7, 11) is 0. The highest BCUT2D eigenvalue weighted by atomic mass is 35.5. The molecule has 148 valence electrons. The lowest BCUT2D eigenvalue weighted by Crippen LogP contribution is -2.18. The van der Waals surface area contributed by atoms with E-state index >= 15 is 0 Å². The largest absolute Gasteiger partial charge is 0.433 e. The normalized spacial score (nSPS) is 11.8. The molecule has 3 N–H and O–H groups in total. The molecule has 3 rings (SSSR count). The van der Waals surface area contributed by atoms with Crippen LogP contribution >= 0.6 is 22.9 Å². The van der Waals surface area contributed by atoms with E-state index in [0.29, 0.717) is 17.9 Å². The Bertz CT molecular complexity index is 1110. The molecule has 28 heavy (non-hydrogen) atoms. The average molecular weight is 432 g/mol. The number of hydrogen-bond donors (Lipinski definition) is 2. The van der Waals surface area contributed by atoms with E-state index in [2.05, 4.69) is 15.4 Å². The van der Waals surface area contributed by atoms with Crippen molar-refractivity contribution in [2.75, 3.05) is 5.32 Å². The predicted molar refractivity (Wildman–Crippen MR) is 98.7 cm³/mol. The number of carbonyl (C=O) groups is 2. The number of primary amides is 1. The first-order valence-electron chi connectivity index (χ1n) is 7.88. The van der Waals surface area contributed by atoms with E-state index in [9.17, 15) is 22.8 Å². The number of alkyl halides is 3. The van der Waals surface area contributed by atoms with Crippen LogP contribution in [0, 0.1) is 6.92 Å². The number of amides is 2. The Morgan fingerprint density at radius 3 is 2.61 bits per heavy atom. The lowest BCUT2D eigenvalue weighted by Gasteiger charge is -2.09. The molecule has 0 unspecified atom stereocenters. The van der Waals surface area contributed by atoms with Gasteiger partial charge in [-0.15, -0.1) is 11.3 Å². The minimum atomic E-state index is -4.65.